The lowest BCUT2D eigenvalue weighted by Crippen LogP contribution is -2.31. The molecule has 2 rings (SSSR count). The van der Waals surface area contributed by atoms with Crippen LogP contribution in [0.4, 0.5) is 5.69 Å². The molecule has 0 radical (unpaired) electrons. The Hall–Kier alpha value is -1.02. The van der Waals surface area contributed by atoms with Gasteiger partial charge in [0.05, 0.1) is 0 Å². The van der Waals surface area contributed by atoms with E-state index in [4.69, 9.17) is 0 Å². The smallest absolute Gasteiger partial charge is 0.0400 e. The lowest BCUT2D eigenvalue weighted by atomic mass is 10.2. The van der Waals surface area contributed by atoms with E-state index >= 15 is 0 Å². The molecule has 0 amide bonds. The van der Waals surface area contributed by atoms with Gasteiger partial charge >= 0.3 is 0 Å². The van der Waals surface area contributed by atoms with Gasteiger partial charge in [0.15, 0.2) is 0 Å². The fourth-order valence-corrected chi connectivity index (χ4v) is 2.34. The predicted molar refractivity (Wildman–Crippen MR) is 88.0 cm³/mol. The quantitative estimate of drug-likeness (QED) is 0.861. The Bertz CT molecular complexity index is 366. The Morgan fingerprint density at radius 2 is 2.05 bits per heavy atom. The highest BCUT2D eigenvalue weighted by atomic mass is 15.2. The molecule has 1 aliphatic heterocycles. The van der Waals surface area contributed by atoms with Gasteiger partial charge in [-0.05, 0) is 44.9 Å². The molecular weight excluding hydrogens is 232 g/mol. The Kier molecular flexibility index (Phi) is 6.93. The van der Waals surface area contributed by atoms with E-state index < -0.39 is 0 Å². The number of hydrogen-bond donors (Lipinski definition) is 1. The highest BCUT2D eigenvalue weighted by Crippen LogP contribution is 2.18. The molecule has 1 heterocycles. The number of rotatable bonds is 3. The second kappa shape index (κ2) is 8.21. The summed E-state index contributed by atoms with van der Waals surface area (Å²) in [5, 5.41) is 3.62. The summed E-state index contributed by atoms with van der Waals surface area (Å²) in [6, 6.07) is 9.92. The first-order chi connectivity index (χ1) is 9.06. The number of nitrogens with one attached hydrogen (secondary N) is 1. The van der Waals surface area contributed by atoms with Crippen molar-refractivity contribution in [3.05, 3.63) is 29.8 Å². The van der Waals surface area contributed by atoms with Crippen molar-refractivity contribution in [2.24, 2.45) is 0 Å². The van der Waals surface area contributed by atoms with Gasteiger partial charge < -0.3 is 5.32 Å². The van der Waals surface area contributed by atoms with Crippen LogP contribution < -0.4 is 5.32 Å². The fraction of sp³-hybridized carbons (Fsp3) is 0.647. The Labute approximate surface area is 120 Å². The molecule has 1 fully saturated rings. The molecule has 0 bridgehead atoms. The molecule has 1 N–H and O–H groups in total. The molecule has 1 aromatic carbocycles. The van der Waals surface area contributed by atoms with Crippen LogP contribution in [0.3, 0.4) is 0 Å². The highest BCUT2D eigenvalue weighted by Gasteiger charge is 2.23. The zero-order valence-electron chi connectivity index (χ0n) is 13.2. The maximum Gasteiger partial charge on any atom is 0.0400 e. The molecule has 1 aromatic rings. The maximum absolute atomic E-state index is 3.62. The van der Waals surface area contributed by atoms with Crippen molar-refractivity contribution in [2.45, 2.75) is 59.5 Å². The van der Waals surface area contributed by atoms with Crippen LogP contribution in [0.5, 0.6) is 0 Å². The molecule has 1 saturated heterocycles. The van der Waals surface area contributed by atoms with Gasteiger partial charge in [-0.1, -0.05) is 32.4 Å². The SMILES string of the molecule is CCC.Cc1cccc(NC2CCN(C(C)C)C2)c1.[HH]. The summed E-state index contributed by atoms with van der Waals surface area (Å²) >= 11 is 0. The molecule has 0 aromatic heterocycles. The van der Waals surface area contributed by atoms with Crippen molar-refractivity contribution >= 4 is 5.69 Å². The van der Waals surface area contributed by atoms with E-state index in [1.54, 1.807) is 0 Å². The monoisotopic (exact) mass is 264 g/mol. The van der Waals surface area contributed by atoms with E-state index in [2.05, 4.69) is 69.1 Å². The molecule has 1 atom stereocenters. The third-order valence-corrected chi connectivity index (χ3v) is 3.34. The van der Waals surface area contributed by atoms with Gasteiger partial charge in [-0.2, -0.15) is 0 Å². The zero-order valence-corrected chi connectivity index (χ0v) is 13.2. The molecule has 1 aliphatic rings. The van der Waals surface area contributed by atoms with Crippen molar-refractivity contribution in [2.75, 3.05) is 18.4 Å². The summed E-state index contributed by atoms with van der Waals surface area (Å²) in [5.74, 6) is 0. The largest absolute Gasteiger partial charge is 0.381 e. The lowest BCUT2D eigenvalue weighted by molar-refractivity contribution is 0.274. The van der Waals surface area contributed by atoms with E-state index in [1.165, 1.54) is 37.2 Å². The van der Waals surface area contributed by atoms with Gasteiger partial charge in [0.2, 0.25) is 0 Å². The van der Waals surface area contributed by atoms with Crippen LogP contribution in [-0.2, 0) is 0 Å². The average Bonchev–Trinajstić information content (AvgIpc) is 2.79. The van der Waals surface area contributed by atoms with Gasteiger partial charge in [-0.15, -0.1) is 0 Å². The first kappa shape index (κ1) is 16.0. The summed E-state index contributed by atoms with van der Waals surface area (Å²) < 4.78 is 0. The van der Waals surface area contributed by atoms with Crippen molar-refractivity contribution in [1.82, 2.24) is 4.90 Å². The van der Waals surface area contributed by atoms with Crippen LogP contribution in [0.2, 0.25) is 0 Å². The highest BCUT2D eigenvalue weighted by molar-refractivity contribution is 5.46. The minimum atomic E-state index is 0. The zero-order chi connectivity index (χ0) is 14.3. The average molecular weight is 264 g/mol. The van der Waals surface area contributed by atoms with Crippen molar-refractivity contribution in [3.8, 4) is 0 Å². The molecule has 0 spiro atoms. The number of anilines is 1. The molecular formula is C17H32N2. The maximum atomic E-state index is 3.62. The number of nitrogens with zero attached hydrogens (tertiary/aromatic N) is 1. The molecule has 0 aliphatic carbocycles. The van der Waals surface area contributed by atoms with Crippen molar-refractivity contribution in [3.63, 3.8) is 0 Å². The third kappa shape index (κ3) is 5.65. The molecule has 0 saturated carbocycles. The third-order valence-electron chi connectivity index (χ3n) is 3.34. The summed E-state index contributed by atoms with van der Waals surface area (Å²) in [4.78, 5) is 2.54. The van der Waals surface area contributed by atoms with Crippen molar-refractivity contribution in [1.29, 1.82) is 0 Å². The fourth-order valence-electron chi connectivity index (χ4n) is 2.34. The minimum absolute atomic E-state index is 0. The first-order valence-electron chi connectivity index (χ1n) is 7.64. The van der Waals surface area contributed by atoms with E-state index in [0.717, 1.165) is 0 Å². The first-order valence-corrected chi connectivity index (χ1v) is 7.64. The van der Waals surface area contributed by atoms with Gasteiger partial charge in [0.1, 0.15) is 0 Å². The summed E-state index contributed by atoms with van der Waals surface area (Å²) in [7, 11) is 0. The van der Waals surface area contributed by atoms with Crippen LogP contribution >= 0.6 is 0 Å². The Morgan fingerprint density at radius 1 is 1.37 bits per heavy atom. The lowest BCUT2D eigenvalue weighted by Gasteiger charge is -2.21. The van der Waals surface area contributed by atoms with Gasteiger partial charge in [-0.25, -0.2) is 0 Å². The molecule has 2 nitrogen and oxygen atoms in total. The van der Waals surface area contributed by atoms with E-state index in [9.17, 15) is 0 Å². The number of hydrogen-bond acceptors (Lipinski definition) is 2. The van der Waals surface area contributed by atoms with E-state index in [0.29, 0.717) is 12.1 Å². The Morgan fingerprint density at radius 3 is 2.58 bits per heavy atom. The second-order valence-corrected chi connectivity index (χ2v) is 5.80. The van der Waals surface area contributed by atoms with Crippen LogP contribution in [0.15, 0.2) is 24.3 Å². The number of aryl methyl sites for hydroxylation is 1. The normalized spacial score (nSPS) is 19.2. The van der Waals surface area contributed by atoms with Gasteiger partial charge in [-0.3, -0.25) is 4.90 Å². The molecule has 19 heavy (non-hydrogen) atoms. The van der Waals surface area contributed by atoms with Crippen LogP contribution in [0, 0.1) is 6.92 Å². The van der Waals surface area contributed by atoms with E-state index in [-0.39, 0.29) is 1.43 Å². The summed E-state index contributed by atoms with van der Waals surface area (Å²) in [5.41, 5.74) is 2.58. The standard InChI is InChI=1S/C14H22N2.C3H8.H2/c1-11(2)16-8-7-14(10-16)15-13-6-4-5-12(3)9-13;1-3-2;/h4-6,9,11,14-15H,7-8,10H2,1-3H3;3H2,1-2H3;1H. The van der Waals surface area contributed by atoms with Gasteiger partial charge in [0.25, 0.3) is 0 Å². The number of likely N-dealkylation sites (tertiary alicyclic amines) is 1. The molecule has 2 heteroatoms. The van der Waals surface area contributed by atoms with Gasteiger partial charge in [0, 0.05) is 32.3 Å². The summed E-state index contributed by atoms with van der Waals surface area (Å²) in [6.45, 7) is 13.3. The van der Waals surface area contributed by atoms with Crippen LogP contribution in [0.1, 0.15) is 47.5 Å². The van der Waals surface area contributed by atoms with E-state index in [1.807, 2.05) is 0 Å². The molecule has 1 unspecified atom stereocenters. The topological polar surface area (TPSA) is 15.3 Å². The Balaban J connectivity index is 0.000000830. The molecule has 110 valence electrons. The number of benzene rings is 1. The second-order valence-electron chi connectivity index (χ2n) is 5.80. The minimum Gasteiger partial charge on any atom is -0.381 e. The van der Waals surface area contributed by atoms with Crippen LogP contribution in [0.25, 0.3) is 0 Å². The predicted octanol–water partition coefficient (Wildman–Crippen LogP) is 4.55. The van der Waals surface area contributed by atoms with Crippen LogP contribution in [-0.4, -0.2) is 30.1 Å². The summed E-state index contributed by atoms with van der Waals surface area (Å²) in [6.07, 6.45) is 2.51. The van der Waals surface area contributed by atoms with Crippen molar-refractivity contribution < 1.29 is 1.43 Å².